The fraction of sp³-hybridized carbons (Fsp3) is 0.722. The highest BCUT2D eigenvalue weighted by molar-refractivity contribution is 5.97. The molecule has 2 rings (SSSR count). The van der Waals surface area contributed by atoms with E-state index >= 15 is 0 Å². The van der Waals surface area contributed by atoms with Gasteiger partial charge in [-0.2, -0.15) is 4.98 Å². The molecule has 0 aliphatic heterocycles. The number of carbonyl (C=O) groups is 1. The molecule has 0 aromatic carbocycles. The van der Waals surface area contributed by atoms with E-state index in [2.05, 4.69) is 41.4 Å². The van der Waals surface area contributed by atoms with Gasteiger partial charge in [-0.25, -0.2) is 4.98 Å². The van der Waals surface area contributed by atoms with Crippen LogP contribution in [0, 0.1) is 5.92 Å². The molecule has 4 N–H and O–H groups in total. The summed E-state index contributed by atoms with van der Waals surface area (Å²) in [6.07, 6.45) is 6.00. The Hall–Kier alpha value is -1.89. The van der Waals surface area contributed by atoms with Gasteiger partial charge in [-0.3, -0.25) is 4.79 Å². The van der Waals surface area contributed by atoms with Crippen molar-refractivity contribution in [2.24, 2.45) is 11.7 Å². The molecule has 25 heavy (non-hydrogen) atoms. The van der Waals surface area contributed by atoms with Gasteiger partial charge >= 0.3 is 0 Å². The second-order valence-corrected chi connectivity index (χ2v) is 7.07. The summed E-state index contributed by atoms with van der Waals surface area (Å²) < 4.78 is 5.69. The third-order valence-electron chi connectivity index (χ3n) is 4.83. The van der Waals surface area contributed by atoms with E-state index in [0.29, 0.717) is 35.4 Å². The Morgan fingerprint density at radius 2 is 2.00 bits per heavy atom. The Labute approximate surface area is 150 Å². The van der Waals surface area contributed by atoms with E-state index in [4.69, 9.17) is 10.5 Å². The number of nitrogens with two attached hydrogens (primary N) is 1. The van der Waals surface area contributed by atoms with Gasteiger partial charge in [0.2, 0.25) is 5.95 Å². The maximum atomic E-state index is 11.6. The molecule has 0 spiro atoms. The molecule has 0 unspecified atom stereocenters. The van der Waals surface area contributed by atoms with Crippen LogP contribution in [0.3, 0.4) is 0 Å². The molecule has 0 radical (unpaired) electrons. The lowest BCUT2D eigenvalue weighted by Crippen LogP contribution is -2.31. The van der Waals surface area contributed by atoms with E-state index in [-0.39, 0.29) is 6.04 Å². The lowest BCUT2D eigenvalue weighted by Gasteiger charge is -2.29. The smallest absolute Gasteiger partial charge is 0.254 e. The van der Waals surface area contributed by atoms with Crippen molar-refractivity contribution in [2.75, 3.05) is 17.2 Å². The van der Waals surface area contributed by atoms with Crippen molar-refractivity contribution >= 4 is 17.7 Å². The Bertz CT molecular complexity index is 571. The molecule has 1 aliphatic rings. The standard InChI is InChI=1S/C18H31N5O2/c1-5-25-14-8-6-13(7-9-14)22-18-20-10-15(16(19)24)17(23-18)21-12(4)11(2)3/h10-14H,5-9H2,1-4H3,(H2,19,24)(H2,20,21,22,23)/t12-,13-,14-/m0/s1. The molecule has 7 heteroatoms. The summed E-state index contributed by atoms with van der Waals surface area (Å²) in [7, 11) is 0. The number of amides is 1. The molecule has 140 valence electrons. The van der Waals surface area contributed by atoms with E-state index in [1.165, 1.54) is 6.20 Å². The Morgan fingerprint density at radius 3 is 2.56 bits per heavy atom. The van der Waals surface area contributed by atoms with Crippen molar-refractivity contribution in [2.45, 2.75) is 71.6 Å². The van der Waals surface area contributed by atoms with Crippen molar-refractivity contribution in [1.29, 1.82) is 0 Å². The lowest BCUT2D eigenvalue weighted by molar-refractivity contribution is 0.0346. The minimum atomic E-state index is -0.526. The molecular formula is C18H31N5O2. The fourth-order valence-corrected chi connectivity index (χ4v) is 2.92. The molecule has 1 aromatic heterocycles. The summed E-state index contributed by atoms with van der Waals surface area (Å²) in [5, 5.41) is 6.66. The highest BCUT2D eigenvalue weighted by atomic mass is 16.5. The summed E-state index contributed by atoms with van der Waals surface area (Å²) in [5.41, 5.74) is 5.77. The van der Waals surface area contributed by atoms with Crippen LogP contribution in [0.15, 0.2) is 6.20 Å². The normalized spacial score (nSPS) is 21.8. The number of anilines is 2. The first-order valence-electron chi connectivity index (χ1n) is 9.22. The molecule has 7 nitrogen and oxygen atoms in total. The first-order valence-corrected chi connectivity index (χ1v) is 9.22. The van der Waals surface area contributed by atoms with Crippen LogP contribution in [0.1, 0.15) is 63.7 Å². The summed E-state index contributed by atoms with van der Waals surface area (Å²) >= 11 is 0. The quantitative estimate of drug-likeness (QED) is 0.667. The molecule has 0 bridgehead atoms. The summed E-state index contributed by atoms with van der Waals surface area (Å²) in [5.74, 6) is 0.903. The van der Waals surface area contributed by atoms with Crippen LogP contribution in [0.2, 0.25) is 0 Å². The zero-order valence-corrected chi connectivity index (χ0v) is 15.7. The summed E-state index contributed by atoms with van der Waals surface area (Å²) in [6.45, 7) is 9.08. The SMILES string of the molecule is CCO[C@H]1CC[C@H](Nc2ncc(C(N)=O)c(N[C@@H](C)C(C)C)n2)CC1. The van der Waals surface area contributed by atoms with Gasteiger partial charge in [-0.15, -0.1) is 0 Å². The maximum absolute atomic E-state index is 11.6. The minimum Gasteiger partial charge on any atom is -0.379 e. The van der Waals surface area contributed by atoms with Gasteiger partial charge < -0.3 is 21.1 Å². The number of nitrogens with one attached hydrogen (secondary N) is 2. The number of rotatable bonds is 8. The Kier molecular flexibility index (Phi) is 6.99. The second-order valence-electron chi connectivity index (χ2n) is 7.07. The van der Waals surface area contributed by atoms with Gasteiger partial charge in [0.15, 0.2) is 0 Å². The van der Waals surface area contributed by atoms with Crippen LogP contribution in [0.4, 0.5) is 11.8 Å². The molecule has 1 saturated carbocycles. The van der Waals surface area contributed by atoms with Gasteiger partial charge in [-0.1, -0.05) is 13.8 Å². The van der Waals surface area contributed by atoms with Gasteiger partial charge in [-0.05, 0) is 45.4 Å². The van der Waals surface area contributed by atoms with Gasteiger partial charge in [0, 0.05) is 24.9 Å². The number of nitrogens with zero attached hydrogens (tertiary/aromatic N) is 2. The highest BCUT2D eigenvalue weighted by Gasteiger charge is 2.22. The van der Waals surface area contributed by atoms with Crippen LogP contribution < -0.4 is 16.4 Å². The average Bonchev–Trinajstić information content (AvgIpc) is 2.56. The Morgan fingerprint density at radius 1 is 1.32 bits per heavy atom. The van der Waals surface area contributed by atoms with Gasteiger partial charge in [0.05, 0.1) is 11.7 Å². The molecule has 1 aliphatic carbocycles. The highest BCUT2D eigenvalue weighted by Crippen LogP contribution is 2.24. The fourth-order valence-electron chi connectivity index (χ4n) is 2.92. The topological polar surface area (TPSA) is 102 Å². The second kappa shape index (κ2) is 8.99. The van der Waals surface area contributed by atoms with Gasteiger partial charge in [0.25, 0.3) is 5.91 Å². The minimum absolute atomic E-state index is 0.169. The first-order chi connectivity index (χ1) is 11.9. The number of ether oxygens (including phenoxy) is 1. The number of aromatic nitrogens is 2. The number of primary amides is 1. The lowest BCUT2D eigenvalue weighted by atomic mass is 9.93. The third-order valence-corrected chi connectivity index (χ3v) is 4.83. The summed E-state index contributed by atoms with van der Waals surface area (Å²) in [4.78, 5) is 20.4. The Balaban J connectivity index is 2.05. The zero-order chi connectivity index (χ0) is 18.4. The number of carbonyl (C=O) groups excluding carboxylic acids is 1. The van der Waals surface area contributed by atoms with E-state index in [1.807, 2.05) is 6.92 Å². The van der Waals surface area contributed by atoms with Crippen molar-refractivity contribution in [3.63, 3.8) is 0 Å². The van der Waals surface area contributed by atoms with Crippen molar-refractivity contribution < 1.29 is 9.53 Å². The monoisotopic (exact) mass is 349 g/mol. The molecule has 1 aromatic rings. The van der Waals surface area contributed by atoms with E-state index in [1.54, 1.807) is 0 Å². The molecule has 1 heterocycles. The first kappa shape index (κ1) is 19.4. The predicted molar refractivity (Wildman–Crippen MR) is 99.8 cm³/mol. The van der Waals surface area contributed by atoms with Crippen LogP contribution in [0.5, 0.6) is 0 Å². The van der Waals surface area contributed by atoms with Crippen LogP contribution in [-0.4, -0.2) is 40.7 Å². The number of hydrogen-bond donors (Lipinski definition) is 3. The summed E-state index contributed by atoms with van der Waals surface area (Å²) in [6, 6.07) is 0.494. The van der Waals surface area contributed by atoms with E-state index in [0.717, 1.165) is 32.3 Å². The average molecular weight is 349 g/mol. The predicted octanol–water partition coefficient (Wildman–Crippen LogP) is 2.79. The largest absolute Gasteiger partial charge is 0.379 e. The van der Waals surface area contributed by atoms with Crippen molar-refractivity contribution in [3.8, 4) is 0 Å². The van der Waals surface area contributed by atoms with Crippen LogP contribution in [-0.2, 0) is 4.74 Å². The molecular weight excluding hydrogens is 318 g/mol. The molecule has 1 amide bonds. The molecule has 0 saturated heterocycles. The van der Waals surface area contributed by atoms with Crippen molar-refractivity contribution in [1.82, 2.24) is 9.97 Å². The third kappa shape index (κ3) is 5.56. The van der Waals surface area contributed by atoms with E-state index in [9.17, 15) is 4.79 Å². The molecule has 1 atom stereocenters. The van der Waals surface area contributed by atoms with Gasteiger partial charge in [0.1, 0.15) is 5.82 Å². The zero-order valence-electron chi connectivity index (χ0n) is 15.7. The van der Waals surface area contributed by atoms with E-state index < -0.39 is 5.91 Å². The van der Waals surface area contributed by atoms with Crippen molar-refractivity contribution in [3.05, 3.63) is 11.8 Å². The maximum Gasteiger partial charge on any atom is 0.254 e. The number of hydrogen-bond acceptors (Lipinski definition) is 6. The molecule has 1 fully saturated rings. The van der Waals surface area contributed by atoms with Crippen LogP contribution in [0.25, 0.3) is 0 Å². The van der Waals surface area contributed by atoms with Crippen LogP contribution >= 0.6 is 0 Å².